The third-order valence-electron chi connectivity index (χ3n) is 7.94. The van der Waals surface area contributed by atoms with Crippen LogP contribution in [0, 0.1) is 11.8 Å². The Kier molecular flexibility index (Phi) is 6.26. The van der Waals surface area contributed by atoms with Crippen LogP contribution in [-0.4, -0.2) is 46.9 Å². The number of carbonyl (C=O) groups excluding carboxylic acids is 1. The van der Waals surface area contributed by atoms with Crippen LogP contribution in [0.5, 0.6) is 0 Å². The summed E-state index contributed by atoms with van der Waals surface area (Å²) >= 11 is 3.62. The lowest BCUT2D eigenvalue weighted by molar-refractivity contribution is -0.130. The van der Waals surface area contributed by atoms with Gasteiger partial charge in [0.2, 0.25) is 5.91 Å². The van der Waals surface area contributed by atoms with Crippen molar-refractivity contribution >= 4 is 27.5 Å². The molecule has 2 N–H and O–H groups in total. The van der Waals surface area contributed by atoms with E-state index in [0.717, 1.165) is 73.9 Å². The second-order valence-electron chi connectivity index (χ2n) is 9.78. The summed E-state index contributed by atoms with van der Waals surface area (Å²) in [6.45, 7) is 5.77. The number of fused-ring (bicyclic) bond motifs is 2. The minimum Gasteiger partial charge on any atom is -0.399 e. The van der Waals surface area contributed by atoms with E-state index in [-0.39, 0.29) is 11.9 Å². The number of hydrogen-bond donors (Lipinski definition) is 1. The molecule has 1 unspecified atom stereocenters. The summed E-state index contributed by atoms with van der Waals surface area (Å²) in [4.78, 5) is 21.3. The lowest BCUT2D eigenvalue weighted by Crippen LogP contribution is -2.43. The number of nitrogens with two attached hydrogens (primary N) is 1. The van der Waals surface area contributed by atoms with Crippen molar-refractivity contribution in [1.29, 1.82) is 0 Å². The molecule has 1 atom stereocenters. The average Bonchev–Trinajstić information content (AvgIpc) is 2.95. The molecule has 1 aromatic heterocycles. The fraction of sp³-hybridized carbons (Fsp3) is 0.538. The van der Waals surface area contributed by atoms with Gasteiger partial charge in [-0.1, -0.05) is 6.07 Å². The van der Waals surface area contributed by atoms with E-state index >= 15 is 0 Å². The Labute approximate surface area is 199 Å². The zero-order chi connectivity index (χ0) is 22.2. The van der Waals surface area contributed by atoms with Gasteiger partial charge in [0.1, 0.15) is 0 Å². The number of aromatic nitrogens is 1. The molecule has 5 rings (SSSR count). The quantitative estimate of drug-likeness (QED) is 0.617. The number of likely N-dealkylation sites (tertiary alicyclic amines) is 2. The van der Waals surface area contributed by atoms with Crippen LogP contribution >= 0.6 is 15.9 Å². The van der Waals surface area contributed by atoms with E-state index in [2.05, 4.69) is 39.0 Å². The van der Waals surface area contributed by atoms with Crippen LogP contribution in [0.15, 0.2) is 34.9 Å². The van der Waals surface area contributed by atoms with Crippen LogP contribution in [0.2, 0.25) is 0 Å². The molecule has 2 fully saturated rings. The summed E-state index contributed by atoms with van der Waals surface area (Å²) < 4.78 is 1.05. The van der Waals surface area contributed by atoms with Crippen molar-refractivity contribution in [3.63, 3.8) is 0 Å². The van der Waals surface area contributed by atoms with E-state index < -0.39 is 0 Å². The van der Waals surface area contributed by atoms with Crippen LogP contribution < -0.4 is 5.73 Å². The van der Waals surface area contributed by atoms with Crippen LogP contribution in [-0.2, 0) is 17.6 Å². The smallest absolute Gasteiger partial charge is 0.219 e. The third kappa shape index (κ3) is 4.32. The molecule has 6 heteroatoms. The average molecular weight is 497 g/mol. The standard InChI is InChI=1S/C26H33BrN4O/c1-17(32)30-10-6-18(7-11-30)19-8-12-31(13-9-19)26-24-5-4-23(28)15-20(24)2-3-21-14-22(27)16-29-25(21)26/h4-5,14-16,18-19,26H,2-3,6-13,28H2,1H3. The fourth-order valence-corrected chi connectivity index (χ4v) is 6.55. The van der Waals surface area contributed by atoms with Crippen molar-refractivity contribution in [1.82, 2.24) is 14.8 Å². The second-order valence-corrected chi connectivity index (χ2v) is 10.7. The first-order valence-electron chi connectivity index (χ1n) is 12.0. The van der Waals surface area contributed by atoms with E-state index in [0.29, 0.717) is 0 Å². The Morgan fingerprint density at radius 3 is 2.34 bits per heavy atom. The highest BCUT2D eigenvalue weighted by molar-refractivity contribution is 9.10. The van der Waals surface area contributed by atoms with Crippen LogP contribution in [0.25, 0.3) is 0 Å². The predicted molar refractivity (Wildman–Crippen MR) is 131 cm³/mol. The lowest BCUT2D eigenvalue weighted by Gasteiger charge is -2.42. The van der Waals surface area contributed by atoms with Gasteiger partial charge in [-0.2, -0.15) is 0 Å². The van der Waals surface area contributed by atoms with Gasteiger partial charge in [0.05, 0.1) is 11.7 Å². The summed E-state index contributed by atoms with van der Waals surface area (Å²) in [6, 6.07) is 8.90. The number of halogens is 1. The molecular formula is C26H33BrN4O. The normalized spacial score (nSPS) is 22.8. The van der Waals surface area contributed by atoms with E-state index in [1.807, 2.05) is 17.2 Å². The van der Waals surface area contributed by atoms with E-state index in [9.17, 15) is 4.79 Å². The van der Waals surface area contributed by atoms with Gasteiger partial charge in [0, 0.05) is 36.4 Å². The summed E-state index contributed by atoms with van der Waals surface area (Å²) in [5.74, 6) is 1.76. The van der Waals surface area contributed by atoms with Gasteiger partial charge >= 0.3 is 0 Å². The number of piperidine rings is 2. The Balaban J connectivity index is 1.36. The van der Waals surface area contributed by atoms with E-state index in [1.165, 1.54) is 35.2 Å². The summed E-state index contributed by atoms with van der Waals surface area (Å²) in [5, 5.41) is 0. The van der Waals surface area contributed by atoms with Crippen molar-refractivity contribution in [2.24, 2.45) is 11.8 Å². The lowest BCUT2D eigenvalue weighted by atomic mass is 9.78. The van der Waals surface area contributed by atoms with Gasteiger partial charge in [0.15, 0.2) is 0 Å². The van der Waals surface area contributed by atoms with Crippen LogP contribution in [0.3, 0.4) is 0 Å². The highest BCUT2D eigenvalue weighted by atomic mass is 79.9. The van der Waals surface area contributed by atoms with Gasteiger partial charge in [-0.3, -0.25) is 14.7 Å². The molecule has 2 aromatic rings. The minimum atomic E-state index is 0.205. The number of nitrogens with zero attached hydrogens (tertiary/aromatic N) is 3. The van der Waals surface area contributed by atoms with Gasteiger partial charge in [0.25, 0.3) is 0 Å². The number of hydrogen-bond acceptors (Lipinski definition) is 4. The van der Waals surface area contributed by atoms with Crippen molar-refractivity contribution in [2.45, 2.75) is 51.5 Å². The summed E-state index contributed by atoms with van der Waals surface area (Å²) in [6.07, 6.45) is 8.74. The van der Waals surface area contributed by atoms with Crippen molar-refractivity contribution in [3.05, 3.63) is 57.3 Å². The van der Waals surface area contributed by atoms with Gasteiger partial charge in [-0.25, -0.2) is 0 Å². The maximum absolute atomic E-state index is 11.7. The Hall–Kier alpha value is -1.92. The van der Waals surface area contributed by atoms with Crippen molar-refractivity contribution in [3.8, 4) is 0 Å². The molecule has 0 spiro atoms. The maximum atomic E-state index is 11.7. The van der Waals surface area contributed by atoms with Gasteiger partial charge in [-0.15, -0.1) is 0 Å². The number of benzene rings is 1. The van der Waals surface area contributed by atoms with E-state index in [1.54, 1.807) is 6.92 Å². The molecule has 3 aliphatic rings. The van der Waals surface area contributed by atoms with E-state index in [4.69, 9.17) is 10.7 Å². The molecule has 1 amide bonds. The van der Waals surface area contributed by atoms with Crippen LogP contribution in [0.4, 0.5) is 5.69 Å². The molecule has 5 nitrogen and oxygen atoms in total. The minimum absolute atomic E-state index is 0.205. The number of amides is 1. The highest BCUT2D eigenvalue weighted by Crippen LogP contribution is 2.41. The van der Waals surface area contributed by atoms with Gasteiger partial charge < -0.3 is 10.6 Å². The maximum Gasteiger partial charge on any atom is 0.219 e. The molecule has 2 aliphatic heterocycles. The number of pyridine rings is 1. The number of nitrogen functional groups attached to an aromatic ring is 1. The molecule has 170 valence electrons. The number of anilines is 1. The first-order valence-corrected chi connectivity index (χ1v) is 12.8. The van der Waals surface area contributed by atoms with Crippen molar-refractivity contribution < 1.29 is 4.79 Å². The predicted octanol–water partition coefficient (Wildman–Crippen LogP) is 4.58. The molecule has 32 heavy (non-hydrogen) atoms. The molecule has 0 radical (unpaired) electrons. The molecule has 0 saturated carbocycles. The Morgan fingerprint density at radius 2 is 1.66 bits per heavy atom. The molecule has 2 saturated heterocycles. The largest absolute Gasteiger partial charge is 0.399 e. The summed E-state index contributed by atoms with van der Waals surface area (Å²) in [7, 11) is 0. The molecule has 1 aliphatic carbocycles. The SMILES string of the molecule is CC(=O)N1CCC(C2CCN(C3c4ccc(N)cc4CCc4cc(Br)cnc43)CC2)CC1. The molecule has 1 aromatic carbocycles. The van der Waals surface area contributed by atoms with Crippen molar-refractivity contribution in [2.75, 3.05) is 31.9 Å². The second kappa shape index (κ2) is 9.14. The monoisotopic (exact) mass is 496 g/mol. The molecular weight excluding hydrogens is 464 g/mol. The Morgan fingerprint density at radius 1 is 1.00 bits per heavy atom. The fourth-order valence-electron chi connectivity index (χ4n) is 6.17. The zero-order valence-electron chi connectivity index (χ0n) is 18.9. The Bertz CT molecular complexity index is 940. The topological polar surface area (TPSA) is 62.5 Å². The van der Waals surface area contributed by atoms with Crippen LogP contribution in [0.1, 0.15) is 61.0 Å². The molecule has 3 heterocycles. The zero-order valence-corrected chi connectivity index (χ0v) is 20.5. The van der Waals surface area contributed by atoms with Gasteiger partial charge in [-0.05, 0) is 114 Å². The highest BCUT2D eigenvalue weighted by Gasteiger charge is 2.35. The number of aryl methyl sites for hydroxylation is 2. The number of carbonyl (C=O) groups is 1. The molecule has 0 bridgehead atoms. The number of rotatable bonds is 2. The third-order valence-corrected chi connectivity index (χ3v) is 8.38. The first kappa shape index (κ1) is 21.9. The summed E-state index contributed by atoms with van der Waals surface area (Å²) in [5.41, 5.74) is 12.3. The first-order chi connectivity index (χ1) is 15.5.